The second-order valence-corrected chi connectivity index (χ2v) is 5.88. The molecule has 1 saturated heterocycles. The van der Waals surface area contributed by atoms with Gasteiger partial charge in [0.05, 0.1) is 4.92 Å². The summed E-state index contributed by atoms with van der Waals surface area (Å²) in [6.07, 6.45) is 2.44. The van der Waals surface area contributed by atoms with Crippen LogP contribution in [0.5, 0.6) is 0 Å². The monoisotopic (exact) mass is 293 g/mol. The first-order valence-electron chi connectivity index (χ1n) is 6.61. The van der Waals surface area contributed by atoms with Crippen molar-refractivity contribution in [1.82, 2.24) is 10.3 Å². The van der Waals surface area contributed by atoms with Crippen LogP contribution in [0, 0.1) is 16.0 Å². The molecule has 0 spiro atoms. The number of nitro groups is 1. The fourth-order valence-corrected chi connectivity index (χ4v) is 3.30. The predicted molar refractivity (Wildman–Crippen MR) is 77.0 cm³/mol. The Kier molecular flexibility index (Phi) is 3.88. The summed E-state index contributed by atoms with van der Waals surface area (Å²) >= 11 is 1.58. The van der Waals surface area contributed by atoms with E-state index in [9.17, 15) is 10.1 Å². The van der Waals surface area contributed by atoms with Crippen molar-refractivity contribution in [3.05, 3.63) is 28.3 Å². The Balaban J connectivity index is 1.70. The van der Waals surface area contributed by atoms with Gasteiger partial charge in [-0.1, -0.05) is 11.8 Å². The summed E-state index contributed by atoms with van der Waals surface area (Å²) in [6.45, 7) is 2.15. The van der Waals surface area contributed by atoms with Gasteiger partial charge in [-0.3, -0.25) is 10.1 Å². The number of nitro benzene ring substituents is 1. The Bertz CT molecular complexity index is 622. The van der Waals surface area contributed by atoms with Crippen LogP contribution < -0.4 is 5.32 Å². The van der Waals surface area contributed by atoms with Crippen LogP contribution in [0.1, 0.15) is 12.8 Å². The zero-order valence-electron chi connectivity index (χ0n) is 10.9. The summed E-state index contributed by atoms with van der Waals surface area (Å²) in [5, 5.41) is 14.7. The van der Waals surface area contributed by atoms with Gasteiger partial charge < -0.3 is 9.73 Å². The molecular weight excluding hydrogens is 278 g/mol. The molecule has 1 fully saturated rings. The van der Waals surface area contributed by atoms with Crippen LogP contribution >= 0.6 is 11.8 Å². The van der Waals surface area contributed by atoms with Crippen LogP contribution in [-0.2, 0) is 0 Å². The number of nitrogens with zero attached hydrogens (tertiary/aromatic N) is 2. The second kappa shape index (κ2) is 5.80. The lowest BCUT2D eigenvalue weighted by atomic mass is 10.0. The van der Waals surface area contributed by atoms with Gasteiger partial charge in [-0.2, -0.15) is 0 Å². The number of fused-ring (bicyclic) bond motifs is 1. The first-order chi connectivity index (χ1) is 9.72. The van der Waals surface area contributed by atoms with Gasteiger partial charge in [0.1, 0.15) is 5.52 Å². The Labute approximate surface area is 120 Å². The average Bonchev–Trinajstić information content (AvgIpc) is 2.88. The molecule has 0 aliphatic carbocycles. The number of hydrogen-bond acceptors (Lipinski definition) is 6. The van der Waals surface area contributed by atoms with E-state index in [4.69, 9.17) is 4.42 Å². The lowest BCUT2D eigenvalue weighted by molar-refractivity contribution is -0.384. The van der Waals surface area contributed by atoms with Crippen LogP contribution in [-0.4, -0.2) is 28.7 Å². The highest BCUT2D eigenvalue weighted by molar-refractivity contribution is 7.99. The number of non-ortho nitro benzene ring substituents is 1. The van der Waals surface area contributed by atoms with E-state index in [1.165, 1.54) is 25.0 Å². The molecule has 6 nitrogen and oxygen atoms in total. The third kappa shape index (κ3) is 2.94. The van der Waals surface area contributed by atoms with Crippen molar-refractivity contribution in [2.24, 2.45) is 5.92 Å². The highest BCUT2D eigenvalue weighted by Crippen LogP contribution is 2.28. The lowest BCUT2D eigenvalue weighted by Crippen LogP contribution is -2.30. The van der Waals surface area contributed by atoms with Gasteiger partial charge >= 0.3 is 0 Å². The third-order valence-electron chi connectivity index (χ3n) is 3.40. The lowest BCUT2D eigenvalue weighted by Gasteiger charge is -2.21. The molecule has 0 saturated carbocycles. The van der Waals surface area contributed by atoms with E-state index in [2.05, 4.69) is 10.3 Å². The SMILES string of the molecule is O=[N+]([O-])c1ccc2oc(SC[C@@H]3CCCNC3)nc2c1. The summed E-state index contributed by atoms with van der Waals surface area (Å²) < 4.78 is 5.60. The van der Waals surface area contributed by atoms with Crippen LogP contribution in [0.2, 0.25) is 0 Å². The first kappa shape index (κ1) is 13.4. The average molecular weight is 293 g/mol. The molecule has 20 heavy (non-hydrogen) atoms. The van der Waals surface area contributed by atoms with Crippen LogP contribution in [0.4, 0.5) is 5.69 Å². The number of piperidine rings is 1. The molecule has 0 unspecified atom stereocenters. The van der Waals surface area contributed by atoms with Gasteiger partial charge in [-0.15, -0.1) is 0 Å². The topological polar surface area (TPSA) is 81.2 Å². The third-order valence-corrected chi connectivity index (χ3v) is 4.46. The van der Waals surface area contributed by atoms with E-state index in [-0.39, 0.29) is 5.69 Å². The molecule has 2 heterocycles. The van der Waals surface area contributed by atoms with Gasteiger partial charge in [-0.05, 0) is 37.9 Å². The molecule has 0 bridgehead atoms. The number of benzene rings is 1. The molecule has 1 aromatic carbocycles. The van der Waals surface area contributed by atoms with Crippen LogP contribution in [0.25, 0.3) is 11.1 Å². The predicted octanol–water partition coefficient (Wildman–Crippen LogP) is 2.83. The number of hydrogen-bond donors (Lipinski definition) is 1. The Hall–Kier alpha value is -1.60. The van der Waals surface area contributed by atoms with Crippen molar-refractivity contribution in [2.75, 3.05) is 18.8 Å². The quantitative estimate of drug-likeness (QED) is 0.530. The number of oxazole rings is 1. The summed E-state index contributed by atoms with van der Waals surface area (Å²) in [7, 11) is 0. The summed E-state index contributed by atoms with van der Waals surface area (Å²) in [5.74, 6) is 1.60. The van der Waals surface area contributed by atoms with Gasteiger partial charge in [0.15, 0.2) is 5.58 Å². The van der Waals surface area contributed by atoms with Gasteiger partial charge in [0, 0.05) is 17.9 Å². The molecule has 0 amide bonds. The van der Waals surface area contributed by atoms with Crippen molar-refractivity contribution in [2.45, 2.75) is 18.1 Å². The molecule has 1 aliphatic heterocycles. The highest BCUT2D eigenvalue weighted by Gasteiger charge is 2.16. The molecule has 3 rings (SSSR count). The number of thioether (sulfide) groups is 1. The molecule has 7 heteroatoms. The zero-order valence-corrected chi connectivity index (χ0v) is 11.7. The van der Waals surface area contributed by atoms with Crippen molar-refractivity contribution < 1.29 is 9.34 Å². The molecule has 1 N–H and O–H groups in total. The van der Waals surface area contributed by atoms with Crippen LogP contribution in [0.15, 0.2) is 27.8 Å². The van der Waals surface area contributed by atoms with E-state index in [1.807, 2.05) is 0 Å². The summed E-state index contributed by atoms with van der Waals surface area (Å²) in [4.78, 5) is 14.6. The standard InChI is InChI=1S/C13H15N3O3S/c17-16(18)10-3-4-12-11(6-10)15-13(19-12)20-8-9-2-1-5-14-7-9/h3-4,6,9,14H,1-2,5,7-8H2/t9-/m1/s1. The molecule has 1 atom stereocenters. The highest BCUT2D eigenvalue weighted by atomic mass is 32.2. The maximum atomic E-state index is 10.7. The van der Waals surface area contributed by atoms with Gasteiger partial charge in [0.25, 0.3) is 10.9 Å². The van der Waals surface area contributed by atoms with Crippen molar-refractivity contribution >= 4 is 28.5 Å². The second-order valence-electron chi connectivity index (χ2n) is 4.91. The van der Waals surface area contributed by atoms with E-state index in [0.717, 1.165) is 18.8 Å². The van der Waals surface area contributed by atoms with Gasteiger partial charge in [-0.25, -0.2) is 4.98 Å². The summed E-state index contributed by atoms with van der Waals surface area (Å²) in [6, 6.07) is 4.49. The van der Waals surface area contributed by atoms with Gasteiger partial charge in [0.2, 0.25) is 0 Å². The fourth-order valence-electron chi connectivity index (χ4n) is 2.33. The first-order valence-corrected chi connectivity index (χ1v) is 7.59. The molecule has 0 radical (unpaired) electrons. The van der Waals surface area contributed by atoms with Crippen molar-refractivity contribution in [3.8, 4) is 0 Å². The smallest absolute Gasteiger partial charge is 0.271 e. The minimum absolute atomic E-state index is 0.0406. The zero-order chi connectivity index (χ0) is 13.9. The molecule has 106 valence electrons. The van der Waals surface area contributed by atoms with Crippen molar-refractivity contribution in [1.29, 1.82) is 0 Å². The van der Waals surface area contributed by atoms with Crippen molar-refractivity contribution in [3.63, 3.8) is 0 Å². The largest absolute Gasteiger partial charge is 0.431 e. The number of nitrogens with one attached hydrogen (secondary N) is 1. The molecule has 1 aliphatic rings. The van der Waals surface area contributed by atoms with E-state index in [1.54, 1.807) is 17.8 Å². The number of aromatic nitrogens is 1. The normalized spacial score (nSPS) is 19.3. The summed E-state index contributed by atoms with van der Waals surface area (Å²) in [5.41, 5.74) is 1.18. The Morgan fingerprint density at radius 1 is 1.55 bits per heavy atom. The van der Waals surface area contributed by atoms with E-state index < -0.39 is 4.92 Å². The Morgan fingerprint density at radius 2 is 2.45 bits per heavy atom. The molecule has 1 aromatic heterocycles. The fraction of sp³-hybridized carbons (Fsp3) is 0.462. The maximum absolute atomic E-state index is 10.7. The molecular formula is C13H15N3O3S. The molecule has 2 aromatic rings. The van der Waals surface area contributed by atoms with Crippen LogP contribution in [0.3, 0.4) is 0 Å². The maximum Gasteiger partial charge on any atom is 0.271 e. The minimum Gasteiger partial charge on any atom is -0.431 e. The Morgan fingerprint density at radius 3 is 3.20 bits per heavy atom. The minimum atomic E-state index is -0.422. The van der Waals surface area contributed by atoms with E-state index >= 15 is 0 Å². The number of rotatable bonds is 4. The van der Waals surface area contributed by atoms with E-state index in [0.29, 0.717) is 22.2 Å².